The molecular formula is C25H20FN3O4. The van der Waals surface area contributed by atoms with Crippen molar-refractivity contribution in [1.82, 2.24) is 15.1 Å². The second-order valence-electron chi connectivity index (χ2n) is 7.34. The van der Waals surface area contributed by atoms with Crippen molar-refractivity contribution in [3.05, 3.63) is 106 Å². The van der Waals surface area contributed by atoms with Gasteiger partial charge in [-0.2, -0.15) is 9.78 Å². The summed E-state index contributed by atoms with van der Waals surface area (Å²) in [4.78, 5) is 38.3. The molecule has 4 aromatic rings. The van der Waals surface area contributed by atoms with Crippen LogP contribution < -0.4 is 10.9 Å². The fourth-order valence-electron chi connectivity index (χ4n) is 3.29. The summed E-state index contributed by atoms with van der Waals surface area (Å²) in [7, 11) is 0. The smallest absolute Gasteiger partial charge is 0.360 e. The van der Waals surface area contributed by atoms with Crippen LogP contribution in [0.25, 0.3) is 16.5 Å². The van der Waals surface area contributed by atoms with E-state index in [1.54, 1.807) is 66.7 Å². The van der Waals surface area contributed by atoms with Crippen molar-refractivity contribution in [2.45, 2.75) is 19.6 Å². The van der Waals surface area contributed by atoms with Crippen LogP contribution in [0.5, 0.6) is 0 Å². The molecule has 1 atom stereocenters. The average Bonchev–Trinajstić information content (AvgIpc) is 2.84. The summed E-state index contributed by atoms with van der Waals surface area (Å²) in [5.41, 5.74) is 0.740. The minimum atomic E-state index is -1.12. The van der Waals surface area contributed by atoms with Crippen molar-refractivity contribution in [1.29, 1.82) is 0 Å². The molecule has 8 heteroatoms. The molecule has 7 nitrogen and oxygen atoms in total. The van der Waals surface area contributed by atoms with Crippen molar-refractivity contribution in [2.75, 3.05) is 0 Å². The summed E-state index contributed by atoms with van der Waals surface area (Å²) < 4.78 is 19.5. The molecule has 33 heavy (non-hydrogen) atoms. The van der Waals surface area contributed by atoms with Gasteiger partial charge in [-0.25, -0.2) is 9.18 Å². The van der Waals surface area contributed by atoms with Gasteiger partial charge in [0.05, 0.1) is 11.1 Å². The molecule has 166 valence electrons. The van der Waals surface area contributed by atoms with Crippen LogP contribution >= 0.6 is 0 Å². The molecule has 1 amide bonds. The van der Waals surface area contributed by atoms with E-state index < -0.39 is 18.0 Å². The van der Waals surface area contributed by atoms with E-state index in [0.717, 1.165) is 4.68 Å². The number of nitrogens with zero attached hydrogens (tertiary/aromatic N) is 2. The molecular weight excluding hydrogens is 425 g/mol. The van der Waals surface area contributed by atoms with Gasteiger partial charge in [0.2, 0.25) is 0 Å². The lowest BCUT2D eigenvalue weighted by Crippen LogP contribution is -2.36. The number of esters is 1. The van der Waals surface area contributed by atoms with Crippen molar-refractivity contribution in [2.24, 2.45) is 0 Å². The number of hydrogen-bond donors (Lipinski definition) is 1. The third-order valence-electron chi connectivity index (χ3n) is 5.03. The van der Waals surface area contributed by atoms with E-state index in [-0.39, 0.29) is 23.6 Å². The number of rotatable bonds is 6. The molecule has 4 rings (SSSR count). The monoisotopic (exact) mass is 445 g/mol. The average molecular weight is 445 g/mol. The largest absolute Gasteiger partial charge is 0.448 e. The summed E-state index contributed by atoms with van der Waals surface area (Å²) in [5.74, 6) is -1.72. The molecule has 0 bridgehead atoms. The first-order chi connectivity index (χ1) is 15.9. The maximum atomic E-state index is 13.0. The van der Waals surface area contributed by atoms with Gasteiger partial charge >= 0.3 is 5.97 Å². The van der Waals surface area contributed by atoms with E-state index in [2.05, 4.69) is 10.4 Å². The summed E-state index contributed by atoms with van der Waals surface area (Å²) in [5, 5.41) is 7.53. The van der Waals surface area contributed by atoms with Crippen LogP contribution in [-0.2, 0) is 16.1 Å². The van der Waals surface area contributed by atoms with Crippen molar-refractivity contribution in [3.8, 4) is 5.69 Å². The Morgan fingerprint density at radius 2 is 1.61 bits per heavy atom. The zero-order chi connectivity index (χ0) is 23.4. The highest BCUT2D eigenvalue weighted by molar-refractivity contribution is 6.03. The molecule has 0 fully saturated rings. The predicted octanol–water partition coefficient (Wildman–Crippen LogP) is 3.39. The van der Waals surface area contributed by atoms with E-state index in [1.165, 1.54) is 19.1 Å². The van der Waals surface area contributed by atoms with Crippen LogP contribution in [0.15, 0.2) is 83.7 Å². The number of nitrogens with one attached hydrogen (secondary N) is 1. The van der Waals surface area contributed by atoms with Crippen LogP contribution in [0, 0.1) is 5.82 Å². The lowest BCUT2D eigenvalue weighted by atomic mass is 10.1. The van der Waals surface area contributed by atoms with Crippen LogP contribution in [-0.4, -0.2) is 27.8 Å². The molecule has 0 aliphatic carbocycles. The van der Waals surface area contributed by atoms with Gasteiger partial charge in [0.1, 0.15) is 5.82 Å². The number of hydrogen-bond acceptors (Lipinski definition) is 5. The Labute approximate surface area is 188 Å². The van der Waals surface area contributed by atoms with Crippen molar-refractivity contribution in [3.63, 3.8) is 0 Å². The molecule has 0 saturated carbocycles. The fourth-order valence-corrected chi connectivity index (χ4v) is 3.29. The second kappa shape index (κ2) is 9.44. The first kappa shape index (κ1) is 21.9. The second-order valence-corrected chi connectivity index (χ2v) is 7.34. The normalized spacial score (nSPS) is 11.7. The van der Waals surface area contributed by atoms with Gasteiger partial charge in [0.15, 0.2) is 11.8 Å². The Kier molecular flexibility index (Phi) is 6.26. The van der Waals surface area contributed by atoms with Crippen molar-refractivity contribution >= 4 is 22.6 Å². The highest BCUT2D eigenvalue weighted by atomic mass is 19.1. The van der Waals surface area contributed by atoms with Gasteiger partial charge in [0.25, 0.3) is 11.5 Å². The van der Waals surface area contributed by atoms with E-state index in [9.17, 15) is 18.8 Å². The number of para-hydroxylation sites is 1. The summed E-state index contributed by atoms with van der Waals surface area (Å²) in [6.07, 6.45) is -1.12. The van der Waals surface area contributed by atoms with E-state index in [0.29, 0.717) is 22.0 Å². The third-order valence-corrected chi connectivity index (χ3v) is 5.03. The van der Waals surface area contributed by atoms with Crippen LogP contribution in [0.1, 0.15) is 23.0 Å². The number of aromatic nitrogens is 2. The Bertz CT molecular complexity index is 1370. The maximum absolute atomic E-state index is 13.0. The first-order valence-corrected chi connectivity index (χ1v) is 10.2. The number of carbonyl (C=O) groups excluding carboxylic acids is 2. The molecule has 0 radical (unpaired) electrons. The molecule has 1 heterocycles. The highest BCUT2D eigenvalue weighted by Crippen LogP contribution is 2.17. The van der Waals surface area contributed by atoms with Crippen LogP contribution in [0.3, 0.4) is 0 Å². The predicted molar refractivity (Wildman–Crippen MR) is 120 cm³/mol. The van der Waals surface area contributed by atoms with E-state index in [4.69, 9.17) is 4.74 Å². The zero-order valence-electron chi connectivity index (χ0n) is 17.7. The van der Waals surface area contributed by atoms with Gasteiger partial charge in [0, 0.05) is 11.9 Å². The minimum absolute atomic E-state index is 0.0766. The van der Waals surface area contributed by atoms with Gasteiger partial charge in [-0.05, 0) is 42.8 Å². The number of fused-ring (bicyclic) bond motifs is 1. The summed E-state index contributed by atoms with van der Waals surface area (Å²) in [6, 6.07) is 21.0. The quantitative estimate of drug-likeness (QED) is 0.460. The molecule has 0 aliphatic heterocycles. The van der Waals surface area contributed by atoms with Gasteiger partial charge in [-0.1, -0.05) is 48.5 Å². The number of carbonyl (C=O) groups is 2. The van der Waals surface area contributed by atoms with E-state index in [1.807, 2.05) is 0 Å². The van der Waals surface area contributed by atoms with Gasteiger partial charge in [-0.3, -0.25) is 9.59 Å². The zero-order valence-corrected chi connectivity index (χ0v) is 17.7. The Hall–Kier alpha value is -4.33. The lowest BCUT2D eigenvalue weighted by molar-refractivity contribution is -0.129. The topological polar surface area (TPSA) is 90.3 Å². The number of halogens is 1. The Morgan fingerprint density at radius 1 is 0.970 bits per heavy atom. The van der Waals surface area contributed by atoms with Gasteiger partial charge in [-0.15, -0.1) is 0 Å². The number of benzene rings is 3. The molecule has 1 unspecified atom stereocenters. The summed E-state index contributed by atoms with van der Waals surface area (Å²) in [6.45, 7) is 1.59. The molecule has 3 aromatic carbocycles. The highest BCUT2D eigenvalue weighted by Gasteiger charge is 2.23. The Morgan fingerprint density at radius 3 is 2.30 bits per heavy atom. The fraction of sp³-hybridized carbons (Fsp3) is 0.120. The molecule has 0 saturated heterocycles. The maximum Gasteiger partial charge on any atom is 0.360 e. The third kappa shape index (κ3) is 4.79. The molecule has 0 spiro atoms. The Balaban J connectivity index is 1.57. The molecule has 1 aromatic heterocycles. The minimum Gasteiger partial charge on any atom is -0.448 e. The van der Waals surface area contributed by atoms with Crippen LogP contribution in [0.2, 0.25) is 0 Å². The number of amides is 1. The SMILES string of the molecule is CC(OC(=O)c1nn(-c2ccccc2)c(=O)c2ccccc12)C(=O)NCc1ccc(F)cc1. The van der Waals surface area contributed by atoms with Crippen LogP contribution in [0.4, 0.5) is 4.39 Å². The first-order valence-electron chi connectivity index (χ1n) is 10.2. The standard InChI is InChI=1S/C25H20FN3O4/c1-16(23(30)27-15-17-11-13-18(26)14-12-17)33-25(32)22-20-9-5-6-10-21(20)24(31)29(28-22)19-7-3-2-4-8-19/h2-14,16H,15H2,1H3,(H,27,30). The molecule has 1 N–H and O–H groups in total. The van der Waals surface area contributed by atoms with E-state index >= 15 is 0 Å². The summed E-state index contributed by atoms with van der Waals surface area (Å²) >= 11 is 0. The molecule has 0 aliphatic rings. The van der Waals surface area contributed by atoms with Crippen molar-refractivity contribution < 1.29 is 18.7 Å². The lowest BCUT2D eigenvalue weighted by Gasteiger charge is -2.15. The number of ether oxygens (including phenoxy) is 1. The van der Waals surface area contributed by atoms with Gasteiger partial charge < -0.3 is 10.1 Å².